The molecule has 104 valence electrons. The number of hydrogen-bond donors (Lipinski definition) is 2. The molecule has 2 rings (SSSR count). The summed E-state index contributed by atoms with van der Waals surface area (Å²) in [4.78, 5) is 27.0. The third-order valence-electron chi connectivity index (χ3n) is 2.65. The normalized spacial score (nSPS) is 10.2. The van der Waals surface area contributed by atoms with Crippen molar-refractivity contribution in [2.45, 2.75) is 6.42 Å². The van der Waals surface area contributed by atoms with Crippen LogP contribution in [0.3, 0.4) is 0 Å². The number of non-ortho nitro benzene ring substituents is 1. The summed E-state index contributed by atoms with van der Waals surface area (Å²) >= 11 is 0. The van der Waals surface area contributed by atoms with Crippen LogP contribution in [0.4, 0.5) is 17.1 Å². The lowest BCUT2D eigenvalue weighted by molar-refractivity contribution is -0.393. The zero-order valence-electron chi connectivity index (χ0n) is 10.3. The number of nitro groups is 2. The minimum atomic E-state index is -0.665. The maximum absolute atomic E-state index is 10.9. The van der Waals surface area contributed by atoms with Gasteiger partial charge in [0.05, 0.1) is 22.2 Å². The van der Waals surface area contributed by atoms with Gasteiger partial charge >= 0.3 is 0 Å². The number of anilines is 1. The van der Waals surface area contributed by atoms with Gasteiger partial charge in [-0.15, -0.1) is 0 Å². The van der Waals surface area contributed by atoms with Gasteiger partial charge in [-0.3, -0.25) is 20.2 Å². The summed E-state index contributed by atoms with van der Waals surface area (Å²) in [5.74, 6) is 0. The average molecular weight is 277 g/mol. The Labute approximate surface area is 113 Å². The number of rotatable bonds is 6. The molecule has 0 fully saturated rings. The smallest absolute Gasteiger partial charge is 0.299 e. The van der Waals surface area contributed by atoms with Crippen LogP contribution in [-0.2, 0) is 6.42 Å². The summed E-state index contributed by atoms with van der Waals surface area (Å²) < 4.78 is 0. The van der Waals surface area contributed by atoms with Crippen molar-refractivity contribution in [2.75, 3.05) is 11.9 Å². The predicted octanol–water partition coefficient (Wildman–Crippen LogP) is 1.88. The molecule has 0 saturated carbocycles. The van der Waals surface area contributed by atoms with Crippen LogP contribution in [0.1, 0.15) is 5.69 Å². The number of aromatic amines is 1. The molecule has 1 heterocycles. The van der Waals surface area contributed by atoms with Gasteiger partial charge in [0.15, 0.2) is 0 Å². The Kier molecular flexibility index (Phi) is 3.89. The number of aromatic nitrogens is 2. The van der Waals surface area contributed by atoms with Crippen LogP contribution in [0.5, 0.6) is 0 Å². The van der Waals surface area contributed by atoms with Crippen molar-refractivity contribution in [1.82, 2.24) is 9.97 Å². The molecule has 0 radical (unpaired) electrons. The van der Waals surface area contributed by atoms with Crippen LogP contribution in [-0.4, -0.2) is 26.4 Å². The second kappa shape index (κ2) is 5.78. The third-order valence-corrected chi connectivity index (χ3v) is 2.65. The van der Waals surface area contributed by atoms with Gasteiger partial charge in [0.2, 0.25) is 0 Å². The molecular weight excluding hydrogens is 266 g/mol. The third kappa shape index (κ3) is 3.07. The van der Waals surface area contributed by atoms with Gasteiger partial charge in [-0.2, -0.15) is 0 Å². The van der Waals surface area contributed by atoms with E-state index in [4.69, 9.17) is 0 Å². The van der Waals surface area contributed by atoms with Gasteiger partial charge in [-0.05, 0) is 6.07 Å². The van der Waals surface area contributed by atoms with E-state index in [1.165, 1.54) is 12.1 Å². The standard InChI is InChI=1S/C11H11N5O4/c17-15(18)9-1-2-10(11(5-9)16(19)20)13-4-3-8-6-12-7-14-8/h1-2,5-7,13H,3-4H2,(H,12,14). The molecule has 1 aromatic heterocycles. The lowest BCUT2D eigenvalue weighted by Gasteiger charge is -2.06. The fraction of sp³-hybridized carbons (Fsp3) is 0.182. The van der Waals surface area contributed by atoms with Gasteiger partial charge < -0.3 is 10.3 Å². The molecule has 20 heavy (non-hydrogen) atoms. The van der Waals surface area contributed by atoms with E-state index in [2.05, 4.69) is 15.3 Å². The van der Waals surface area contributed by atoms with Crippen molar-refractivity contribution >= 4 is 17.1 Å². The van der Waals surface area contributed by atoms with E-state index < -0.39 is 9.85 Å². The lowest BCUT2D eigenvalue weighted by atomic mass is 10.2. The van der Waals surface area contributed by atoms with E-state index in [-0.39, 0.29) is 17.1 Å². The highest BCUT2D eigenvalue weighted by molar-refractivity contribution is 5.65. The van der Waals surface area contributed by atoms with E-state index in [0.29, 0.717) is 13.0 Å². The quantitative estimate of drug-likeness (QED) is 0.613. The fourth-order valence-corrected chi connectivity index (χ4v) is 1.69. The zero-order chi connectivity index (χ0) is 14.5. The van der Waals surface area contributed by atoms with E-state index in [0.717, 1.165) is 11.8 Å². The fourth-order valence-electron chi connectivity index (χ4n) is 1.69. The number of benzene rings is 1. The first-order valence-electron chi connectivity index (χ1n) is 5.72. The SMILES string of the molecule is O=[N+]([O-])c1ccc(NCCc2cnc[nH]2)c([N+](=O)[O-])c1. The summed E-state index contributed by atoms with van der Waals surface area (Å²) in [5.41, 5.74) is 0.516. The van der Waals surface area contributed by atoms with E-state index >= 15 is 0 Å². The Hall–Kier alpha value is -2.97. The number of imidazole rings is 1. The van der Waals surface area contributed by atoms with Gasteiger partial charge in [0.1, 0.15) is 5.69 Å². The molecule has 0 aliphatic rings. The maximum atomic E-state index is 10.9. The number of nitro benzene ring substituents is 2. The molecular formula is C11H11N5O4. The monoisotopic (exact) mass is 277 g/mol. The largest absolute Gasteiger partial charge is 0.379 e. The highest BCUT2D eigenvalue weighted by atomic mass is 16.6. The van der Waals surface area contributed by atoms with E-state index in [1.54, 1.807) is 12.5 Å². The molecule has 0 aliphatic heterocycles. The summed E-state index contributed by atoms with van der Waals surface area (Å²) in [6, 6.07) is 3.51. The zero-order valence-corrected chi connectivity index (χ0v) is 10.3. The number of nitrogens with zero attached hydrogens (tertiary/aromatic N) is 3. The lowest BCUT2D eigenvalue weighted by Crippen LogP contribution is -2.07. The summed E-state index contributed by atoms with van der Waals surface area (Å²) in [6.45, 7) is 0.445. The second-order valence-corrected chi connectivity index (χ2v) is 3.97. The molecule has 9 heteroatoms. The van der Waals surface area contributed by atoms with E-state index in [1.807, 2.05) is 0 Å². The Morgan fingerprint density at radius 1 is 1.25 bits per heavy atom. The summed E-state index contributed by atoms with van der Waals surface area (Å²) in [7, 11) is 0. The Morgan fingerprint density at radius 2 is 2.05 bits per heavy atom. The topological polar surface area (TPSA) is 127 Å². The van der Waals surface area contributed by atoms with Crippen LogP contribution < -0.4 is 5.32 Å². The Balaban J connectivity index is 2.10. The second-order valence-electron chi connectivity index (χ2n) is 3.97. The highest BCUT2D eigenvalue weighted by Crippen LogP contribution is 2.28. The van der Waals surface area contributed by atoms with Gasteiger partial charge in [0, 0.05) is 30.9 Å². The number of hydrogen-bond acceptors (Lipinski definition) is 6. The van der Waals surface area contributed by atoms with Crippen LogP contribution in [0.15, 0.2) is 30.7 Å². The highest BCUT2D eigenvalue weighted by Gasteiger charge is 2.18. The van der Waals surface area contributed by atoms with Crippen LogP contribution in [0.25, 0.3) is 0 Å². The molecule has 1 aromatic carbocycles. The minimum absolute atomic E-state index is 0.250. The van der Waals surface area contributed by atoms with E-state index in [9.17, 15) is 20.2 Å². The van der Waals surface area contributed by atoms with Crippen LogP contribution >= 0.6 is 0 Å². The first kappa shape index (κ1) is 13.5. The Bertz CT molecular complexity index is 626. The maximum Gasteiger partial charge on any atom is 0.299 e. The number of H-pyrrole nitrogens is 1. The first-order valence-corrected chi connectivity index (χ1v) is 5.72. The van der Waals surface area contributed by atoms with Crippen molar-refractivity contribution in [3.63, 3.8) is 0 Å². The molecule has 0 unspecified atom stereocenters. The first-order chi connectivity index (χ1) is 9.58. The van der Waals surface area contributed by atoms with Crippen LogP contribution in [0, 0.1) is 20.2 Å². The molecule has 0 amide bonds. The van der Waals surface area contributed by atoms with Crippen molar-refractivity contribution < 1.29 is 9.85 Å². The van der Waals surface area contributed by atoms with Gasteiger partial charge in [-0.1, -0.05) is 0 Å². The molecule has 0 saturated heterocycles. The molecule has 2 N–H and O–H groups in total. The van der Waals surface area contributed by atoms with Gasteiger partial charge in [0.25, 0.3) is 11.4 Å². The van der Waals surface area contributed by atoms with Crippen molar-refractivity contribution in [1.29, 1.82) is 0 Å². The Morgan fingerprint density at radius 3 is 2.65 bits per heavy atom. The molecule has 0 bridgehead atoms. The summed E-state index contributed by atoms with van der Waals surface area (Å²) in [5, 5.41) is 24.4. The molecule has 2 aromatic rings. The van der Waals surface area contributed by atoms with Crippen molar-refractivity contribution in [3.8, 4) is 0 Å². The van der Waals surface area contributed by atoms with Crippen molar-refractivity contribution in [3.05, 3.63) is 56.6 Å². The average Bonchev–Trinajstić information content (AvgIpc) is 2.91. The predicted molar refractivity (Wildman–Crippen MR) is 70.5 cm³/mol. The molecule has 0 spiro atoms. The molecule has 0 aliphatic carbocycles. The molecule has 0 atom stereocenters. The van der Waals surface area contributed by atoms with Gasteiger partial charge in [-0.25, -0.2) is 4.98 Å². The van der Waals surface area contributed by atoms with Crippen molar-refractivity contribution in [2.24, 2.45) is 0 Å². The van der Waals surface area contributed by atoms with Crippen LogP contribution in [0.2, 0.25) is 0 Å². The summed E-state index contributed by atoms with van der Waals surface area (Å²) in [6.07, 6.45) is 3.81. The number of nitrogens with one attached hydrogen (secondary N) is 2. The molecule has 9 nitrogen and oxygen atoms in total. The minimum Gasteiger partial charge on any atom is -0.379 e.